The first-order chi connectivity index (χ1) is 17.2. The highest BCUT2D eigenvalue weighted by atomic mass is 32.2. The van der Waals surface area contributed by atoms with Gasteiger partial charge in [0.1, 0.15) is 5.92 Å². The molecule has 1 aliphatic heterocycles. The Bertz CT molecular complexity index is 1220. The molecule has 4 rings (SSSR count). The molecule has 3 N–H and O–H groups in total. The summed E-state index contributed by atoms with van der Waals surface area (Å²) in [6.45, 7) is 0.308. The molecule has 1 heterocycles. The Hall–Kier alpha value is -3.40. The molecule has 36 heavy (non-hydrogen) atoms. The van der Waals surface area contributed by atoms with E-state index in [1.165, 1.54) is 17.0 Å². The lowest BCUT2D eigenvalue weighted by atomic mass is 9.91. The minimum Gasteiger partial charge on any atom is -0.355 e. The zero-order valence-corrected chi connectivity index (χ0v) is 21.1. The SMILES string of the molecule is CN1C(=O)C(C(=O)NCCc2ccc(S(=O)(=O)NC(=O)NC3CCCCC3)cc2)Cc2ccccc21. The van der Waals surface area contributed by atoms with E-state index in [0.717, 1.165) is 48.9 Å². The number of nitrogens with one attached hydrogen (secondary N) is 3. The number of hydrogen-bond donors (Lipinski definition) is 3. The fraction of sp³-hybridized carbons (Fsp3) is 0.423. The Balaban J connectivity index is 1.27. The minimum absolute atomic E-state index is 0.00517. The van der Waals surface area contributed by atoms with Crippen molar-refractivity contribution in [2.75, 3.05) is 18.5 Å². The van der Waals surface area contributed by atoms with E-state index in [2.05, 4.69) is 15.4 Å². The maximum absolute atomic E-state index is 12.7. The van der Waals surface area contributed by atoms with Crippen molar-refractivity contribution in [1.82, 2.24) is 15.4 Å². The predicted octanol–water partition coefficient (Wildman–Crippen LogP) is 2.50. The summed E-state index contributed by atoms with van der Waals surface area (Å²) in [7, 11) is -2.31. The molecular weight excluding hydrogens is 480 g/mol. The summed E-state index contributed by atoms with van der Waals surface area (Å²) in [6, 6.07) is 13.0. The number of hydrogen-bond acceptors (Lipinski definition) is 5. The van der Waals surface area contributed by atoms with Crippen LogP contribution in [0.1, 0.15) is 43.2 Å². The number of urea groups is 1. The van der Waals surface area contributed by atoms with Gasteiger partial charge in [-0.05, 0) is 55.0 Å². The fourth-order valence-electron chi connectivity index (χ4n) is 4.81. The number of para-hydroxylation sites is 1. The number of anilines is 1. The Morgan fingerprint density at radius 2 is 1.69 bits per heavy atom. The summed E-state index contributed by atoms with van der Waals surface area (Å²) in [4.78, 5) is 39.0. The highest BCUT2D eigenvalue weighted by Crippen LogP contribution is 2.29. The Morgan fingerprint density at radius 3 is 2.42 bits per heavy atom. The van der Waals surface area contributed by atoms with Crippen LogP contribution in [0, 0.1) is 5.92 Å². The Kier molecular flexibility index (Phi) is 7.93. The molecule has 1 aliphatic carbocycles. The van der Waals surface area contributed by atoms with Crippen LogP contribution < -0.4 is 20.3 Å². The second-order valence-corrected chi connectivity index (χ2v) is 11.1. The topological polar surface area (TPSA) is 125 Å². The number of amides is 4. The second kappa shape index (κ2) is 11.1. The minimum atomic E-state index is -3.99. The first-order valence-electron chi connectivity index (χ1n) is 12.3. The number of rotatable bonds is 7. The molecule has 1 fully saturated rings. The van der Waals surface area contributed by atoms with Crippen molar-refractivity contribution < 1.29 is 22.8 Å². The zero-order chi connectivity index (χ0) is 25.7. The fourth-order valence-corrected chi connectivity index (χ4v) is 5.72. The van der Waals surface area contributed by atoms with E-state index in [0.29, 0.717) is 19.4 Å². The van der Waals surface area contributed by atoms with Crippen molar-refractivity contribution in [1.29, 1.82) is 0 Å². The van der Waals surface area contributed by atoms with Gasteiger partial charge in [-0.2, -0.15) is 0 Å². The average Bonchev–Trinajstić information content (AvgIpc) is 2.86. The van der Waals surface area contributed by atoms with Gasteiger partial charge in [-0.15, -0.1) is 0 Å². The van der Waals surface area contributed by atoms with Crippen LogP contribution in [0.2, 0.25) is 0 Å². The molecule has 2 aliphatic rings. The molecule has 0 spiro atoms. The van der Waals surface area contributed by atoms with E-state index in [-0.39, 0.29) is 22.8 Å². The second-order valence-electron chi connectivity index (χ2n) is 9.38. The standard InChI is InChI=1S/C26H32N4O5S/c1-30-23-10-6-5-7-19(23)17-22(25(30)32)24(31)27-16-15-18-11-13-21(14-12-18)36(34,35)29-26(33)28-20-8-3-2-4-9-20/h5-7,10-14,20,22H,2-4,8-9,15-17H2,1H3,(H,27,31)(H2,28,29,33). The van der Waals surface area contributed by atoms with Gasteiger partial charge in [-0.1, -0.05) is 49.6 Å². The van der Waals surface area contributed by atoms with Crippen LogP contribution in [0.3, 0.4) is 0 Å². The van der Waals surface area contributed by atoms with Gasteiger partial charge in [0, 0.05) is 25.3 Å². The highest BCUT2D eigenvalue weighted by molar-refractivity contribution is 7.90. The van der Waals surface area contributed by atoms with Crippen LogP contribution in [0.25, 0.3) is 0 Å². The number of sulfonamides is 1. The van der Waals surface area contributed by atoms with E-state index in [4.69, 9.17) is 0 Å². The van der Waals surface area contributed by atoms with Crippen molar-refractivity contribution in [3.63, 3.8) is 0 Å². The smallest absolute Gasteiger partial charge is 0.328 e. The summed E-state index contributed by atoms with van der Waals surface area (Å²) in [6.07, 6.45) is 5.74. The molecule has 2 aromatic carbocycles. The lowest BCUT2D eigenvalue weighted by Crippen LogP contribution is -2.46. The first-order valence-corrected chi connectivity index (χ1v) is 13.8. The van der Waals surface area contributed by atoms with Crippen molar-refractivity contribution in [3.05, 3.63) is 59.7 Å². The molecule has 1 saturated carbocycles. The monoisotopic (exact) mass is 512 g/mol. The number of benzene rings is 2. The van der Waals surface area contributed by atoms with Gasteiger partial charge in [0.2, 0.25) is 11.8 Å². The molecule has 0 bridgehead atoms. The third kappa shape index (κ3) is 6.04. The quantitative estimate of drug-likeness (QED) is 0.492. The summed E-state index contributed by atoms with van der Waals surface area (Å²) < 4.78 is 27.2. The van der Waals surface area contributed by atoms with Crippen molar-refractivity contribution in [2.45, 2.75) is 55.9 Å². The van der Waals surface area contributed by atoms with E-state index < -0.39 is 22.0 Å². The summed E-state index contributed by atoms with van der Waals surface area (Å²) in [5, 5.41) is 5.56. The van der Waals surface area contributed by atoms with Gasteiger partial charge in [-0.25, -0.2) is 17.9 Å². The number of carbonyl (C=O) groups excluding carboxylic acids is 3. The van der Waals surface area contributed by atoms with Gasteiger partial charge in [0.05, 0.1) is 4.90 Å². The number of nitrogens with zero attached hydrogens (tertiary/aromatic N) is 1. The largest absolute Gasteiger partial charge is 0.355 e. The van der Waals surface area contributed by atoms with E-state index in [1.807, 2.05) is 24.3 Å². The van der Waals surface area contributed by atoms with E-state index in [1.54, 1.807) is 19.2 Å². The number of fused-ring (bicyclic) bond motifs is 1. The summed E-state index contributed by atoms with van der Waals surface area (Å²) in [5.41, 5.74) is 2.60. The van der Waals surface area contributed by atoms with Crippen molar-refractivity contribution in [2.24, 2.45) is 5.92 Å². The predicted molar refractivity (Wildman–Crippen MR) is 136 cm³/mol. The van der Waals surface area contributed by atoms with Crippen molar-refractivity contribution >= 4 is 33.6 Å². The average molecular weight is 513 g/mol. The molecule has 1 unspecified atom stereocenters. The first kappa shape index (κ1) is 25.7. The highest BCUT2D eigenvalue weighted by Gasteiger charge is 2.35. The zero-order valence-electron chi connectivity index (χ0n) is 20.3. The Labute approximate surface area is 211 Å². The summed E-state index contributed by atoms with van der Waals surface area (Å²) in [5.74, 6) is -1.34. The molecule has 2 aromatic rings. The normalized spacial score (nSPS) is 18.3. The van der Waals surface area contributed by atoms with Gasteiger partial charge in [0.15, 0.2) is 0 Å². The molecular formula is C26H32N4O5S. The third-order valence-electron chi connectivity index (χ3n) is 6.84. The molecule has 192 valence electrons. The van der Waals surface area contributed by atoms with Crippen LogP contribution >= 0.6 is 0 Å². The van der Waals surface area contributed by atoms with Gasteiger partial charge >= 0.3 is 6.03 Å². The van der Waals surface area contributed by atoms with Gasteiger partial charge < -0.3 is 15.5 Å². The van der Waals surface area contributed by atoms with E-state index in [9.17, 15) is 22.8 Å². The molecule has 9 nitrogen and oxygen atoms in total. The van der Waals surface area contributed by atoms with Crippen molar-refractivity contribution in [3.8, 4) is 0 Å². The van der Waals surface area contributed by atoms with Crippen LogP contribution in [0.15, 0.2) is 53.4 Å². The lowest BCUT2D eigenvalue weighted by Gasteiger charge is -2.30. The maximum Gasteiger partial charge on any atom is 0.328 e. The van der Waals surface area contributed by atoms with Crippen LogP contribution in [-0.4, -0.2) is 45.9 Å². The summed E-state index contributed by atoms with van der Waals surface area (Å²) >= 11 is 0. The Morgan fingerprint density at radius 1 is 1.00 bits per heavy atom. The molecule has 4 amide bonds. The molecule has 0 radical (unpaired) electrons. The molecule has 0 saturated heterocycles. The molecule has 0 aromatic heterocycles. The van der Waals surface area contributed by atoms with Crippen LogP contribution in [-0.2, 0) is 32.5 Å². The number of carbonyl (C=O) groups is 3. The lowest BCUT2D eigenvalue weighted by molar-refractivity contribution is -0.134. The van der Waals surface area contributed by atoms with Crippen LogP contribution in [0.4, 0.5) is 10.5 Å². The molecule has 1 atom stereocenters. The van der Waals surface area contributed by atoms with Gasteiger partial charge in [0.25, 0.3) is 10.0 Å². The van der Waals surface area contributed by atoms with E-state index >= 15 is 0 Å². The third-order valence-corrected chi connectivity index (χ3v) is 8.18. The van der Waals surface area contributed by atoms with Gasteiger partial charge in [-0.3, -0.25) is 9.59 Å². The van der Waals surface area contributed by atoms with Crippen LogP contribution in [0.5, 0.6) is 0 Å². The maximum atomic E-state index is 12.7. The molecule has 10 heteroatoms.